The molecular formula is C13H18N2O5. The average Bonchev–Trinajstić information content (AvgIpc) is 3.08. The van der Waals surface area contributed by atoms with Crippen molar-refractivity contribution in [1.82, 2.24) is 9.55 Å². The Hall–Kier alpha value is -1.70. The number of rotatable bonds is 2. The predicted octanol–water partition coefficient (Wildman–Crippen LogP) is -0.486. The summed E-state index contributed by atoms with van der Waals surface area (Å²) in [6.07, 6.45) is 2.84. The fourth-order valence-corrected chi connectivity index (χ4v) is 1.81. The van der Waals surface area contributed by atoms with Crippen molar-refractivity contribution in [2.75, 3.05) is 6.61 Å². The maximum absolute atomic E-state index is 11.4. The highest BCUT2D eigenvalue weighted by atomic mass is 16.5. The number of aliphatic hydroxyl groups excluding tert-OH is 2. The van der Waals surface area contributed by atoms with Crippen LogP contribution in [-0.4, -0.2) is 38.6 Å². The lowest BCUT2D eigenvalue weighted by Crippen LogP contribution is -2.31. The normalized spacial score (nSPS) is 27.6. The molecule has 1 aliphatic heterocycles. The summed E-state index contributed by atoms with van der Waals surface area (Å²) in [5.74, 6) is 0. The van der Waals surface area contributed by atoms with Gasteiger partial charge in [-0.15, -0.1) is 0 Å². The Labute approximate surface area is 115 Å². The van der Waals surface area contributed by atoms with E-state index in [1.807, 2.05) is 0 Å². The minimum Gasteiger partial charge on any atom is -0.394 e. The summed E-state index contributed by atoms with van der Waals surface area (Å²) in [4.78, 5) is 24.3. The molecule has 1 aliphatic carbocycles. The standard InChI is InChI=1S/C9H12N2O5.C4H6/c12-4-6-5(13)3-8(16-6)11-2-1-7(14)10-9(11)15;1-4-2-3-4/h1-2,5-6,8,12-13H,3-4H2,(H,10,14,15);2H,3H2,1H3/t5-,6+,8+;/m0./s1. The van der Waals surface area contributed by atoms with Crippen molar-refractivity contribution in [3.8, 4) is 0 Å². The molecule has 7 heteroatoms. The zero-order valence-corrected chi connectivity index (χ0v) is 11.2. The van der Waals surface area contributed by atoms with Gasteiger partial charge in [-0.3, -0.25) is 14.3 Å². The largest absolute Gasteiger partial charge is 0.394 e. The molecule has 1 saturated heterocycles. The van der Waals surface area contributed by atoms with E-state index in [1.54, 1.807) is 5.57 Å². The third-order valence-electron chi connectivity index (χ3n) is 3.16. The topological polar surface area (TPSA) is 105 Å². The van der Waals surface area contributed by atoms with Crippen LogP contribution < -0.4 is 11.2 Å². The number of allylic oxidation sites excluding steroid dienone is 2. The molecular weight excluding hydrogens is 264 g/mol. The van der Waals surface area contributed by atoms with Gasteiger partial charge in [0.2, 0.25) is 0 Å². The lowest BCUT2D eigenvalue weighted by atomic mass is 10.2. The van der Waals surface area contributed by atoms with Gasteiger partial charge in [-0.25, -0.2) is 4.79 Å². The summed E-state index contributed by atoms with van der Waals surface area (Å²) in [7, 11) is 0. The summed E-state index contributed by atoms with van der Waals surface area (Å²) in [5.41, 5.74) is 0.460. The maximum atomic E-state index is 11.4. The Morgan fingerprint density at radius 3 is 2.60 bits per heavy atom. The Balaban J connectivity index is 0.000000315. The molecule has 0 spiro atoms. The SMILES string of the molecule is CC1=CC1.O=c1ccn([C@H]2C[C@H](O)[C@@H](CO)O2)c(=O)[nH]1. The fraction of sp³-hybridized carbons (Fsp3) is 0.538. The Morgan fingerprint density at radius 1 is 1.50 bits per heavy atom. The van der Waals surface area contributed by atoms with Crippen LogP contribution in [0.3, 0.4) is 0 Å². The predicted molar refractivity (Wildman–Crippen MR) is 71.3 cm³/mol. The van der Waals surface area contributed by atoms with Crippen molar-refractivity contribution in [2.24, 2.45) is 0 Å². The molecule has 0 amide bonds. The van der Waals surface area contributed by atoms with Gasteiger partial charge in [0.15, 0.2) is 0 Å². The zero-order chi connectivity index (χ0) is 14.7. The molecule has 1 fully saturated rings. The summed E-state index contributed by atoms with van der Waals surface area (Å²) < 4.78 is 6.45. The van der Waals surface area contributed by atoms with Crippen LogP contribution in [0.2, 0.25) is 0 Å². The van der Waals surface area contributed by atoms with Gasteiger partial charge in [0.1, 0.15) is 12.3 Å². The molecule has 0 unspecified atom stereocenters. The first-order valence-corrected chi connectivity index (χ1v) is 6.42. The number of hydrogen-bond donors (Lipinski definition) is 3. The van der Waals surface area contributed by atoms with Gasteiger partial charge in [0.05, 0.1) is 12.7 Å². The van der Waals surface area contributed by atoms with E-state index in [2.05, 4.69) is 18.0 Å². The van der Waals surface area contributed by atoms with E-state index < -0.39 is 29.7 Å². The molecule has 1 aromatic rings. The second kappa shape index (κ2) is 6.17. The maximum Gasteiger partial charge on any atom is 0.330 e. The van der Waals surface area contributed by atoms with Crippen LogP contribution in [-0.2, 0) is 4.74 Å². The van der Waals surface area contributed by atoms with Gasteiger partial charge < -0.3 is 14.9 Å². The third-order valence-corrected chi connectivity index (χ3v) is 3.16. The molecule has 0 bridgehead atoms. The highest BCUT2D eigenvalue weighted by molar-refractivity contribution is 5.17. The molecule has 20 heavy (non-hydrogen) atoms. The second-order valence-corrected chi connectivity index (χ2v) is 4.89. The van der Waals surface area contributed by atoms with Gasteiger partial charge >= 0.3 is 5.69 Å². The van der Waals surface area contributed by atoms with Crippen molar-refractivity contribution >= 4 is 0 Å². The first-order chi connectivity index (χ1) is 9.51. The quantitative estimate of drug-likeness (QED) is 0.635. The summed E-state index contributed by atoms with van der Waals surface area (Å²) in [6.45, 7) is 1.83. The minimum atomic E-state index is -0.811. The number of aliphatic hydroxyl groups is 2. The van der Waals surface area contributed by atoms with Gasteiger partial charge in [0, 0.05) is 18.7 Å². The van der Waals surface area contributed by atoms with Crippen molar-refractivity contribution < 1.29 is 14.9 Å². The molecule has 2 heterocycles. The molecule has 3 rings (SSSR count). The highest BCUT2D eigenvalue weighted by Gasteiger charge is 2.34. The Bertz CT molecular complexity index is 603. The van der Waals surface area contributed by atoms with Gasteiger partial charge in [-0.05, 0) is 13.3 Å². The number of aromatic nitrogens is 2. The lowest BCUT2D eigenvalue weighted by Gasteiger charge is -2.13. The first-order valence-electron chi connectivity index (χ1n) is 6.42. The smallest absolute Gasteiger partial charge is 0.330 e. The molecule has 1 aromatic heterocycles. The first kappa shape index (κ1) is 14.7. The fourth-order valence-electron chi connectivity index (χ4n) is 1.81. The van der Waals surface area contributed by atoms with Crippen LogP contribution in [0.4, 0.5) is 0 Å². The molecule has 0 radical (unpaired) electrons. The van der Waals surface area contributed by atoms with E-state index >= 15 is 0 Å². The summed E-state index contributed by atoms with van der Waals surface area (Å²) in [6, 6.07) is 1.20. The van der Waals surface area contributed by atoms with Gasteiger partial charge in [-0.2, -0.15) is 0 Å². The number of nitrogens with zero attached hydrogens (tertiary/aromatic N) is 1. The zero-order valence-electron chi connectivity index (χ0n) is 11.2. The summed E-state index contributed by atoms with van der Waals surface area (Å²) >= 11 is 0. The number of ether oxygens (including phenoxy) is 1. The van der Waals surface area contributed by atoms with Crippen LogP contribution in [0.25, 0.3) is 0 Å². The van der Waals surface area contributed by atoms with E-state index in [1.165, 1.54) is 23.3 Å². The number of H-pyrrole nitrogens is 1. The third kappa shape index (κ3) is 3.66. The average molecular weight is 282 g/mol. The van der Waals surface area contributed by atoms with Crippen LogP contribution in [0.15, 0.2) is 33.5 Å². The summed E-state index contributed by atoms with van der Waals surface area (Å²) in [5, 5.41) is 18.4. The number of hydrogen-bond acceptors (Lipinski definition) is 5. The molecule has 3 atom stereocenters. The van der Waals surface area contributed by atoms with E-state index in [4.69, 9.17) is 9.84 Å². The van der Waals surface area contributed by atoms with E-state index in [0.29, 0.717) is 0 Å². The number of nitrogens with one attached hydrogen (secondary N) is 1. The molecule has 2 aliphatic rings. The van der Waals surface area contributed by atoms with Crippen molar-refractivity contribution in [1.29, 1.82) is 0 Å². The van der Waals surface area contributed by atoms with E-state index in [9.17, 15) is 14.7 Å². The highest BCUT2D eigenvalue weighted by Crippen LogP contribution is 2.26. The van der Waals surface area contributed by atoms with Crippen molar-refractivity contribution in [3.05, 3.63) is 44.8 Å². The van der Waals surface area contributed by atoms with Crippen LogP contribution in [0.1, 0.15) is 26.0 Å². The van der Waals surface area contributed by atoms with Crippen molar-refractivity contribution in [2.45, 2.75) is 38.2 Å². The molecule has 7 nitrogen and oxygen atoms in total. The second-order valence-electron chi connectivity index (χ2n) is 4.89. The monoisotopic (exact) mass is 282 g/mol. The molecule has 0 saturated carbocycles. The molecule has 0 aromatic carbocycles. The van der Waals surface area contributed by atoms with Crippen LogP contribution in [0, 0.1) is 0 Å². The Morgan fingerprint density at radius 2 is 2.15 bits per heavy atom. The van der Waals surface area contributed by atoms with Gasteiger partial charge in [-0.1, -0.05) is 11.6 Å². The Kier molecular flexibility index (Phi) is 4.53. The van der Waals surface area contributed by atoms with Gasteiger partial charge in [0.25, 0.3) is 5.56 Å². The number of aromatic amines is 1. The lowest BCUT2D eigenvalue weighted by molar-refractivity contribution is -0.0459. The van der Waals surface area contributed by atoms with Crippen LogP contribution in [0.5, 0.6) is 0 Å². The molecule has 3 N–H and O–H groups in total. The minimum absolute atomic E-state index is 0.206. The van der Waals surface area contributed by atoms with E-state index in [0.717, 1.165) is 0 Å². The van der Waals surface area contributed by atoms with Crippen LogP contribution >= 0.6 is 0 Å². The van der Waals surface area contributed by atoms with Crippen molar-refractivity contribution in [3.63, 3.8) is 0 Å². The van der Waals surface area contributed by atoms with E-state index in [-0.39, 0.29) is 13.0 Å². The molecule has 110 valence electrons.